The van der Waals surface area contributed by atoms with Crippen molar-refractivity contribution >= 4 is 29.7 Å². The van der Waals surface area contributed by atoms with Crippen LogP contribution in [0, 0.1) is 0 Å². The third kappa shape index (κ3) is 5.10. The average Bonchev–Trinajstić information content (AvgIpc) is 2.46. The maximum absolute atomic E-state index is 12.0. The number of halogens is 1. The molecule has 0 atom stereocenters. The third-order valence-electron chi connectivity index (χ3n) is 3.53. The van der Waals surface area contributed by atoms with Gasteiger partial charge in [0, 0.05) is 31.0 Å². The van der Waals surface area contributed by atoms with Gasteiger partial charge in [0.15, 0.2) is 6.29 Å². The number of aromatic nitrogens is 1. The largest absolute Gasteiger partial charge is 0.444 e. The van der Waals surface area contributed by atoms with Crippen molar-refractivity contribution in [1.82, 2.24) is 9.88 Å². The van der Waals surface area contributed by atoms with Gasteiger partial charge < -0.3 is 15.0 Å². The second-order valence-corrected chi connectivity index (χ2v) is 6.99. The molecule has 0 aromatic carbocycles. The fraction of sp³-hybridized carbons (Fsp3) is 0.562. The lowest BCUT2D eigenvalue weighted by molar-refractivity contribution is 0.0210. The van der Waals surface area contributed by atoms with E-state index in [1.54, 1.807) is 11.0 Å². The van der Waals surface area contributed by atoms with Crippen LogP contribution >= 0.6 is 11.6 Å². The zero-order valence-electron chi connectivity index (χ0n) is 13.6. The van der Waals surface area contributed by atoms with Crippen molar-refractivity contribution in [3.8, 4) is 0 Å². The zero-order valence-corrected chi connectivity index (χ0v) is 14.4. The molecule has 126 valence electrons. The van der Waals surface area contributed by atoms with Crippen LogP contribution in [-0.4, -0.2) is 47.0 Å². The first-order valence-electron chi connectivity index (χ1n) is 7.63. The molecule has 0 saturated carbocycles. The molecule has 2 heterocycles. The monoisotopic (exact) mass is 339 g/mol. The first-order chi connectivity index (χ1) is 10.8. The molecule has 0 unspecified atom stereocenters. The highest BCUT2D eigenvalue weighted by molar-refractivity contribution is 6.29. The Kier molecular flexibility index (Phi) is 5.46. The van der Waals surface area contributed by atoms with Crippen molar-refractivity contribution in [2.45, 2.75) is 45.3 Å². The fourth-order valence-corrected chi connectivity index (χ4v) is 2.57. The van der Waals surface area contributed by atoms with Gasteiger partial charge in [0.25, 0.3) is 0 Å². The summed E-state index contributed by atoms with van der Waals surface area (Å²) in [6.07, 6.45) is 3.47. The Balaban J connectivity index is 1.91. The van der Waals surface area contributed by atoms with Gasteiger partial charge in [-0.2, -0.15) is 0 Å². The van der Waals surface area contributed by atoms with Crippen molar-refractivity contribution < 1.29 is 14.3 Å². The third-order valence-corrected chi connectivity index (χ3v) is 3.74. The van der Waals surface area contributed by atoms with Crippen molar-refractivity contribution in [3.05, 3.63) is 23.0 Å². The van der Waals surface area contributed by atoms with Gasteiger partial charge in [-0.1, -0.05) is 11.6 Å². The van der Waals surface area contributed by atoms with Gasteiger partial charge in [0.2, 0.25) is 0 Å². The van der Waals surface area contributed by atoms with E-state index in [4.69, 9.17) is 16.3 Å². The quantitative estimate of drug-likeness (QED) is 0.675. The fourth-order valence-electron chi connectivity index (χ4n) is 2.41. The van der Waals surface area contributed by atoms with E-state index in [1.165, 1.54) is 6.20 Å². The van der Waals surface area contributed by atoms with Crippen LogP contribution in [-0.2, 0) is 4.74 Å². The molecule has 1 saturated heterocycles. The van der Waals surface area contributed by atoms with Gasteiger partial charge in [-0.05, 0) is 39.7 Å². The molecular weight excluding hydrogens is 318 g/mol. The molecule has 6 nitrogen and oxygen atoms in total. The number of likely N-dealkylation sites (tertiary alicyclic amines) is 1. The van der Waals surface area contributed by atoms with Crippen LogP contribution in [0.3, 0.4) is 0 Å². The number of piperidine rings is 1. The molecule has 1 aliphatic rings. The standard InChI is InChI=1S/C16H22ClN3O3/c1-16(2,3)23-15(22)20-6-4-12(5-7-20)19-13-8-14(17)18-9-11(13)10-21/h8-10,12H,4-7H2,1-3H3,(H,18,19). The number of hydrogen-bond donors (Lipinski definition) is 1. The molecule has 7 heteroatoms. The van der Waals surface area contributed by atoms with E-state index in [9.17, 15) is 9.59 Å². The lowest BCUT2D eigenvalue weighted by Crippen LogP contribution is -2.44. The number of carbonyl (C=O) groups excluding carboxylic acids is 2. The van der Waals surface area contributed by atoms with Gasteiger partial charge in [-0.3, -0.25) is 4.79 Å². The highest BCUT2D eigenvalue weighted by atomic mass is 35.5. The maximum Gasteiger partial charge on any atom is 0.410 e. The first-order valence-corrected chi connectivity index (χ1v) is 8.01. The first kappa shape index (κ1) is 17.5. The predicted molar refractivity (Wildman–Crippen MR) is 89.1 cm³/mol. The van der Waals surface area contributed by atoms with Crippen LogP contribution in [0.15, 0.2) is 12.3 Å². The highest BCUT2D eigenvalue weighted by Crippen LogP contribution is 2.22. The molecule has 1 aromatic heterocycles. The van der Waals surface area contributed by atoms with E-state index in [0.717, 1.165) is 19.1 Å². The summed E-state index contributed by atoms with van der Waals surface area (Å²) in [6.45, 7) is 6.79. The van der Waals surface area contributed by atoms with Crippen molar-refractivity contribution in [3.63, 3.8) is 0 Å². The topological polar surface area (TPSA) is 71.5 Å². The molecule has 1 aliphatic heterocycles. The number of pyridine rings is 1. The number of ether oxygens (including phenoxy) is 1. The summed E-state index contributed by atoms with van der Waals surface area (Å²) >= 11 is 5.88. The second kappa shape index (κ2) is 7.17. The Morgan fingerprint density at radius 3 is 2.65 bits per heavy atom. The molecule has 2 rings (SSSR count). The minimum absolute atomic E-state index is 0.172. The van der Waals surface area contributed by atoms with Crippen molar-refractivity contribution in [2.75, 3.05) is 18.4 Å². The van der Waals surface area contributed by atoms with Crippen molar-refractivity contribution in [1.29, 1.82) is 0 Å². The molecule has 1 N–H and O–H groups in total. The van der Waals surface area contributed by atoms with E-state index >= 15 is 0 Å². The Labute approximate surface area is 141 Å². The van der Waals surface area contributed by atoms with Crippen LogP contribution in [0.4, 0.5) is 10.5 Å². The summed E-state index contributed by atoms with van der Waals surface area (Å²) in [6, 6.07) is 1.82. The molecule has 1 fully saturated rings. The highest BCUT2D eigenvalue weighted by Gasteiger charge is 2.27. The molecule has 0 radical (unpaired) electrons. The number of rotatable bonds is 3. The van der Waals surface area contributed by atoms with Gasteiger partial charge in [-0.15, -0.1) is 0 Å². The van der Waals surface area contributed by atoms with E-state index in [2.05, 4.69) is 10.3 Å². The number of carbonyl (C=O) groups is 2. The number of nitrogens with one attached hydrogen (secondary N) is 1. The van der Waals surface area contributed by atoms with Crippen molar-refractivity contribution in [2.24, 2.45) is 0 Å². The summed E-state index contributed by atoms with van der Waals surface area (Å²) in [5, 5.41) is 3.65. The lowest BCUT2D eigenvalue weighted by Gasteiger charge is -2.34. The van der Waals surface area contributed by atoms with E-state index < -0.39 is 5.60 Å². The van der Waals surface area contributed by atoms with Gasteiger partial charge >= 0.3 is 6.09 Å². The summed E-state index contributed by atoms with van der Waals surface area (Å²) in [5.41, 5.74) is 0.665. The van der Waals surface area contributed by atoms with Gasteiger partial charge in [-0.25, -0.2) is 9.78 Å². The van der Waals surface area contributed by atoms with Gasteiger partial charge in [0.05, 0.1) is 5.56 Å². The Morgan fingerprint density at radius 2 is 2.09 bits per heavy atom. The number of aldehydes is 1. The molecule has 23 heavy (non-hydrogen) atoms. The zero-order chi connectivity index (χ0) is 17.0. The Morgan fingerprint density at radius 1 is 1.43 bits per heavy atom. The number of anilines is 1. The molecule has 1 aromatic rings. The van der Waals surface area contributed by atoms with Gasteiger partial charge in [0.1, 0.15) is 10.8 Å². The maximum atomic E-state index is 12.0. The summed E-state index contributed by atoms with van der Waals surface area (Å²) in [4.78, 5) is 28.7. The van der Waals surface area contributed by atoms with Crippen LogP contribution in [0.25, 0.3) is 0 Å². The number of amides is 1. The van der Waals surface area contributed by atoms with Crippen LogP contribution in [0.1, 0.15) is 44.0 Å². The minimum atomic E-state index is -0.487. The second-order valence-electron chi connectivity index (χ2n) is 6.60. The smallest absolute Gasteiger partial charge is 0.410 e. The normalized spacial score (nSPS) is 16.1. The average molecular weight is 340 g/mol. The number of hydrogen-bond acceptors (Lipinski definition) is 5. The molecule has 0 bridgehead atoms. The van der Waals surface area contributed by atoms with E-state index in [-0.39, 0.29) is 12.1 Å². The molecular formula is C16H22ClN3O3. The minimum Gasteiger partial charge on any atom is -0.444 e. The van der Waals surface area contributed by atoms with E-state index in [1.807, 2.05) is 20.8 Å². The van der Waals surface area contributed by atoms with Crippen LogP contribution in [0.2, 0.25) is 5.15 Å². The van der Waals surface area contributed by atoms with Crippen LogP contribution < -0.4 is 5.32 Å². The summed E-state index contributed by atoms with van der Waals surface area (Å²) < 4.78 is 5.38. The lowest BCUT2D eigenvalue weighted by atomic mass is 10.0. The SMILES string of the molecule is CC(C)(C)OC(=O)N1CCC(Nc2cc(Cl)ncc2C=O)CC1. The van der Waals surface area contributed by atoms with E-state index in [0.29, 0.717) is 29.5 Å². The molecule has 0 spiro atoms. The molecule has 1 amide bonds. The Bertz CT molecular complexity index is 578. The number of nitrogens with zero attached hydrogens (tertiary/aromatic N) is 2. The molecule has 0 aliphatic carbocycles. The summed E-state index contributed by atoms with van der Waals surface area (Å²) in [5.74, 6) is 0. The summed E-state index contributed by atoms with van der Waals surface area (Å²) in [7, 11) is 0. The Hall–Kier alpha value is -1.82. The van der Waals surface area contributed by atoms with Crippen LogP contribution in [0.5, 0.6) is 0 Å². The predicted octanol–water partition coefficient (Wildman–Crippen LogP) is 3.36.